The van der Waals surface area contributed by atoms with Gasteiger partial charge in [-0.1, -0.05) is 146 Å². The number of hydrogen-bond donors (Lipinski definition) is 2. The first kappa shape index (κ1) is 32.3. The fourth-order valence-corrected chi connectivity index (χ4v) is 8.18. The summed E-state index contributed by atoms with van der Waals surface area (Å²) in [6, 6.07) is 66.5. The van der Waals surface area contributed by atoms with Crippen molar-refractivity contribution in [1.29, 1.82) is 0 Å². The van der Waals surface area contributed by atoms with Crippen molar-refractivity contribution in [3.63, 3.8) is 0 Å². The summed E-state index contributed by atoms with van der Waals surface area (Å²) in [5.74, 6) is 0. The molecule has 1 saturated heterocycles. The van der Waals surface area contributed by atoms with Gasteiger partial charge in [-0.2, -0.15) is 0 Å². The van der Waals surface area contributed by atoms with E-state index in [1.807, 2.05) is 13.0 Å². The maximum Gasteiger partial charge on any atom is 0.130 e. The monoisotopic (exact) mass is 681 g/mol. The van der Waals surface area contributed by atoms with Crippen LogP contribution in [-0.2, 0) is 5.54 Å². The summed E-state index contributed by atoms with van der Waals surface area (Å²) in [5.41, 5.74) is 12.8. The minimum absolute atomic E-state index is 0.102. The highest BCUT2D eigenvalue weighted by molar-refractivity contribution is 6.10. The predicted molar refractivity (Wildman–Crippen MR) is 221 cm³/mol. The predicted octanol–water partition coefficient (Wildman–Crippen LogP) is 11.6. The Balaban J connectivity index is 1.25. The Hall–Kier alpha value is -6.60. The first-order valence-electron chi connectivity index (χ1n) is 18.2. The maximum absolute atomic E-state index is 5.84. The first-order valence-corrected chi connectivity index (χ1v) is 18.2. The van der Waals surface area contributed by atoms with Crippen molar-refractivity contribution in [2.75, 3.05) is 0 Å². The van der Waals surface area contributed by atoms with E-state index in [9.17, 15) is 0 Å². The van der Waals surface area contributed by atoms with Gasteiger partial charge in [0.1, 0.15) is 6.17 Å². The number of nitrogens with zero attached hydrogens (tertiary/aromatic N) is 1. The Kier molecular flexibility index (Phi) is 8.24. The Morgan fingerprint density at radius 3 is 1.57 bits per heavy atom. The minimum atomic E-state index is -0.313. The number of fused-ring (bicyclic) bond motifs is 3. The van der Waals surface area contributed by atoms with Crippen molar-refractivity contribution in [3.05, 3.63) is 205 Å². The quantitative estimate of drug-likeness (QED) is 0.0689. The molecular formula is C50H39N3. The lowest BCUT2D eigenvalue weighted by molar-refractivity contribution is 0.595. The highest BCUT2D eigenvalue weighted by Gasteiger charge is 2.56. The lowest BCUT2D eigenvalue weighted by Crippen LogP contribution is -2.20. The van der Waals surface area contributed by atoms with Gasteiger partial charge in [0.25, 0.3) is 0 Å². The van der Waals surface area contributed by atoms with Crippen LogP contribution in [0.1, 0.15) is 35.8 Å². The third-order valence-electron chi connectivity index (χ3n) is 10.7. The molecule has 2 N–H and O–H groups in total. The molecule has 0 saturated carbocycles. The van der Waals surface area contributed by atoms with Gasteiger partial charge in [-0.25, -0.2) is 0 Å². The first-order chi connectivity index (χ1) is 26.2. The molecule has 53 heavy (non-hydrogen) atoms. The van der Waals surface area contributed by atoms with Crippen LogP contribution in [-0.4, -0.2) is 4.57 Å². The SMILES string of the molecule is C#CNC(/C=C\C)n1c2ccc(-c3ccccc3)cc2c2cc(-c3cc(-c4ccccc4)cc(C4NC4(c4ccccc4)c4ccccc4)c3)ccc21. The molecular weight excluding hydrogens is 643 g/mol. The van der Waals surface area contributed by atoms with Gasteiger partial charge in [0.15, 0.2) is 0 Å². The molecule has 1 aliphatic rings. The molecule has 254 valence electrons. The van der Waals surface area contributed by atoms with E-state index in [1.165, 1.54) is 60.8 Å². The molecule has 1 aliphatic heterocycles. The molecule has 1 aromatic heterocycles. The van der Waals surface area contributed by atoms with Gasteiger partial charge in [-0.05, 0) is 106 Å². The fourth-order valence-electron chi connectivity index (χ4n) is 8.18. The highest BCUT2D eigenvalue weighted by Crippen LogP contribution is 2.54. The number of rotatable bonds is 9. The molecule has 3 heteroatoms. The maximum atomic E-state index is 5.84. The van der Waals surface area contributed by atoms with E-state index in [1.54, 1.807) is 0 Å². The second kappa shape index (κ2) is 13.5. The molecule has 0 amide bonds. The van der Waals surface area contributed by atoms with Gasteiger partial charge in [-0.15, -0.1) is 0 Å². The molecule has 2 atom stereocenters. The normalized spacial score (nSPS) is 15.4. The van der Waals surface area contributed by atoms with E-state index in [4.69, 9.17) is 6.42 Å². The third kappa shape index (κ3) is 5.71. The van der Waals surface area contributed by atoms with E-state index in [0.29, 0.717) is 0 Å². The van der Waals surface area contributed by atoms with E-state index in [0.717, 1.165) is 11.0 Å². The zero-order valence-electron chi connectivity index (χ0n) is 29.6. The summed E-state index contributed by atoms with van der Waals surface area (Å²) in [6.45, 7) is 2.03. The Labute approximate surface area is 311 Å². The van der Waals surface area contributed by atoms with Crippen molar-refractivity contribution in [1.82, 2.24) is 15.2 Å². The molecule has 8 aromatic rings. The van der Waals surface area contributed by atoms with Gasteiger partial charge in [0.05, 0.1) is 22.6 Å². The average Bonchev–Trinajstić information content (AvgIpc) is 3.92. The summed E-state index contributed by atoms with van der Waals surface area (Å²) >= 11 is 0. The molecule has 0 aliphatic carbocycles. The van der Waals surface area contributed by atoms with Crippen LogP contribution in [0, 0.1) is 12.5 Å². The van der Waals surface area contributed by atoms with E-state index >= 15 is 0 Å². The van der Waals surface area contributed by atoms with Gasteiger partial charge in [0, 0.05) is 16.8 Å². The van der Waals surface area contributed by atoms with Crippen LogP contribution in [0.5, 0.6) is 0 Å². The largest absolute Gasteiger partial charge is 0.321 e. The summed E-state index contributed by atoms with van der Waals surface area (Å²) in [6.07, 6.45) is 9.80. The molecule has 9 rings (SSSR count). The van der Waals surface area contributed by atoms with Crippen molar-refractivity contribution >= 4 is 21.8 Å². The van der Waals surface area contributed by atoms with Crippen molar-refractivity contribution < 1.29 is 0 Å². The second-order valence-electron chi connectivity index (χ2n) is 13.8. The molecule has 2 heterocycles. The number of benzene rings is 7. The zero-order chi connectivity index (χ0) is 35.8. The molecule has 2 unspecified atom stereocenters. The van der Waals surface area contributed by atoms with Crippen LogP contribution in [0.3, 0.4) is 0 Å². The van der Waals surface area contributed by atoms with E-state index < -0.39 is 0 Å². The van der Waals surface area contributed by atoms with Crippen LogP contribution < -0.4 is 10.6 Å². The fraction of sp³-hybridized carbons (Fsp3) is 0.0800. The molecule has 0 spiro atoms. The molecule has 0 bridgehead atoms. The summed E-state index contributed by atoms with van der Waals surface area (Å²) < 4.78 is 2.32. The van der Waals surface area contributed by atoms with Crippen LogP contribution in [0.4, 0.5) is 0 Å². The second-order valence-corrected chi connectivity index (χ2v) is 13.8. The summed E-state index contributed by atoms with van der Waals surface area (Å²) in [7, 11) is 0. The summed E-state index contributed by atoms with van der Waals surface area (Å²) in [4.78, 5) is 0. The minimum Gasteiger partial charge on any atom is -0.321 e. The Bertz CT molecular complexity index is 2590. The number of allylic oxidation sites excluding steroid dienone is 1. The van der Waals surface area contributed by atoms with Crippen molar-refractivity contribution in [2.24, 2.45) is 0 Å². The molecule has 0 radical (unpaired) electrons. The van der Waals surface area contributed by atoms with Crippen LogP contribution in [0.2, 0.25) is 0 Å². The number of terminal acetylenes is 1. The molecule has 1 fully saturated rings. The Morgan fingerprint density at radius 2 is 1.06 bits per heavy atom. The lowest BCUT2D eigenvalue weighted by Gasteiger charge is -2.18. The molecule has 7 aromatic carbocycles. The van der Waals surface area contributed by atoms with E-state index in [2.05, 4.69) is 203 Å². The summed E-state index contributed by atoms with van der Waals surface area (Å²) in [5, 5.41) is 9.59. The highest BCUT2D eigenvalue weighted by atomic mass is 15.2. The number of hydrogen-bond acceptors (Lipinski definition) is 2. The van der Waals surface area contributed by atoms with Crippen molar-refractivity contribution in [2.45, 2.75) is 24.7 Å². The zero-order valence-corrected chi connectivity index (χ0v) is 29.6. The Morgan fingerprint density at radius 1 is 0.585 bits per heavy atom. The van der Waals surface area contributed by atoms with Gasteiger partial charge >= 0.3 is 0 Å². The van der Waals surface area contributed by atoms with Crippen LogP contribution in [0.25, 0.3) is 55.2 Å². The molecule has 3 nitrogen and oxygen atoms in total. The van der Waals surface area contributed by atoms with Gasteiger partial charge in [0.2, 0.25) is 0 Å². The smallest absolute Gasteiger partial charge is 0.130 e. The van der Waals surface area contributed by atoms with Gasteiger partial charge < -0.3 is 9.88 Å². The average molecular weight is 682 g/mol. The third-order valence-corrected chi connectivity index (χ3v) is 10.7. The van der Waals surface area contributed by atoms with Gasteiger partial charge in [-0.3, -0.25) is 5.32 Å². The lowest BCUT2D eigenvalue weighted by atomic mass is 9.84. The topological polar surface area (TPSA) is 38.9 Å². The van der Waals surface area contributed by atoms with E-state index in [-0.39, 0.29) is 17.7 Å². The number of nitrogens with one attached hydrogen (secondary N) is 2. The van der Waals surface area contributed by atoms with Crippen LogP contribution in [0.15, 0.2) is 188 Å². The standard InChI is InChI=1S/C50H39N3/c1-3-17-48(51-4-2)53-46-28-26-37(35-18-9-5-10-19-35)33-44(46)45-34-38(27-29-47(45)53)40-30-39(36-20-11-6-12-21-36)31-41(32-40)49-50(52-49,42-22-13-7-14-23-42)43-24-15-8-16-25-43/h2-3,5-34,48-49,51-52H,1H3/b17-3-. The van der Waals surface area contributed by atoms with Crippen molar-refractivity contribution in [3.8, 4) is 45.8 Å². The number of aromatic nitrogens is 1. The van der Waals surface area contributed by atoms with Crippen LogP contribution >= 0.6 is 0 Å².